The minimum absolute atomic E-state index is 0.864. The quantitative estimate of drug-likeness (QED) is 0.561. The number of aliphatic imine (C=N–C) groups is 1. The van der Waals surface area contributed by atoms with Crippen molar-refractivity contribution in [3.8, 4) is 0 Å². The van der Waals surface area contributed by atoms with Crippen LogP contribution in [0.25, 0.3) is 0 Å². The molecule has 1 aliphatic rings. The van der Waals surface area contributed by atoms with Crippen LogP contribution < -0.4 is 0 Å². The van der Waals surface area contributed by atoms with Gasteiger partial charge in [0.1, 0.15) is 6.34 Å². The van der Waals surface area contributed by atoms with Crippen molar-refractivity contribution in [1.29, 1.82) is 5.41 Å². The third kappa shape index (κ3) is 7.67. The first-order valence-electron chi connectivity index (χ1n) is 7.29. The second kappa shape index (κ2) is 10.1. The number of nitrogens with one attached hydrogen (secondary N) is 1. The SMILES string of the molecule is C=C(C)C=NC=N.CC.Cc1ccc(C)c(C2CC2)c1. The van der Waals surface area contributed by atoms with E-state index in [1.165, 1.54) is 30.2 Å². The monoisotopic (exact) mass is 272 g/mol. The second-order valence-electron chi connectivity index (χ2n) is 4.89. The molecule has 2 nitrogen and oxygen atoms in total. The number of allylic oxidation sites excluding steroid dienone is 1. The van der Waals surface area contributed by atoms with E-state index in [9.17, 15) is 0 Å². The number of rotatable bonds is 3. The number of aryl methyl sites for hydroxylation is 2. The first-order valence-corrected chi connectivity index (χ1v) is 7.29. The van der Waals surface area contributed by atoms with E-state index >= 15 is 0 Å². The third-order valence-corrected chi connectivity index (χ3v) is 2.82. The minimum Gasteiger partial charge on any atom is -0.290 e. The molecular formula is C18H28N2. The molecule has 0 spiro atoms. The lowest BCUT2D eigenvalue weighted by atomic mass is 10.0. The van der Waals surface area contributed by atoms with E-state index in [4.69, 9.17) is 5.41 Å². The summed E-state index contributed by atoms with van der Waals surface area (Å²) in [6.45, 7) is 13.8. The van der Waals surface area contributed by atoms with Gasteiger partial charge in [0.15, 0.2) is 0 Å². The third-order valence-electron chi connectivity index (χ3n) is 2.82. The van der Waals surface area contributed by atoms with Gasteiger partial charge >= 0.3 is 0 Å². The molecule has 0 amide bonds. The largest absolute Gasteiger partial charge is 0.290 e. The van der Waals surface area contributed by atoms with Gasteiger partial charge in [0, 0.05) is 6.21 Å². The Bertz CT molecular complexity index is 454. The van der Waals surface area contributed by atoms with Crippen LogP contribution in [0, 0.1) is 19.3 Å². The number of benzene rings is 1. The molecule has 110 valence electrons. The highest BCUT2D eigenvalue weighted by molar-refractivity contribution is 5.82. The molecule has 0 heterocycles. The van der Waals surface area contributed by atoms with Gasteiger partial charge in [0.25, 0.3) is 0 Å². The Kier molecular flexibility index (Phi) is 9.27. The molecule has 0 saturated heterocycles. The van der Waals surface area contributed by atoms with Crippen LogP contribution in [0.2, 0.25) is 0 Å². The Morgan fingerprint density at radius 1 is 1.30 bits per heavy atom. The van der Waals surface area contributed by atoms with Crippen LogP contribution in [-0.2, 0) is 0 Å². The molecule has 1 saturated carbocycles. The molecule has 1 aromatic carbocycles. The Labute approximate surface area is 124 Å². The maximum absolute atomic E-state index is 6.43. The maximum atomic E-state index is 6.43. The fourth-order valence-electron chi connectivity index (χ4n) is 1.76. The van der Waals surface area contributed by atoms with Gasteiger partial charge in [-0.3, -0.25) is 5.41 Å². The van der Waals surface area contributed by atoms with Gasteiger partial charge in [-0.25, -0.2) is 4.99 Å². The van der Waals surface area contributed by atoms with Crippen molar-refractivity contribution < 1.29 is 0 Å². The van der Waals surface area contributed by atoms with Crippen molar-refractivity contribution in [3.05, 3.63) is 47.0 Å². The number of hydrogen-bond donors (Lipinski definition) is 1. The van der Waals surface area contributed by atoms with Crippen molar-refractivity contribution in [2.45, 2.75) is 53.4 Å². The summed E-state index contributed by atoms with van der Waals surface area (Å²) in [6, 6.07) is 6.78. The summed E-state index contributed by atoms with van der Waals surface area (Å²) in [5, 5.41) is 6.43. The van der Waals surface area contributed by atoms with E-state index in [0.29, 0.717) is 0 Å². The molecule has 1 aliphatic carbocycles. The van der Waals surface area contributed by atoms with Gasteiger partial charge in [0.2, 0.25) is 0 Å². The number of nitrogens with zero attached hydrogens (tertiary/aromatic N) is 1. The molecule has 2 heteroatoms. The summed E-state index contributed by atoms with van der Waals surface area (Å²) in [5.74, 6) is 0.898. The first-order chi connectivity index (χ1) is 9.54. The average Bonchev–Trinajstić information content (AvgIpc) is 3.26. The lowest BCUT2D eigenvalue weighted by Gasteiger charge is -2.03. The summed E-state index contributed by atoms with van der Waals surface area (Å²) in [5.41, 5.74) is 5.32. The average molecular weight is 272 g/mol. The predicted molar refractivity (Wildman–Crippen MR) is 91.3 cm³/mol. The Morgan fingerprint density at radius 2 is 1.90 bits per heavy atom. The smallest absolute Gasteiger partial charge is 0.106 e. The summed E-state index contributed by atoms with van der Waals surface area (Å²) in [6.07, 6.45) is 5.33. The van der Waals surface area contributed by atoms with Gasteiger partial charge in [-0.2, -0.15) is 0 Å². The first kappa shape index (κ1) is 18.3. The molecule has 1 fully saturated rings. The molecule has 0 atom stereocenters. The predicted octanol–water partition coefficient (Wildman–Crippen LogP) is 5.45. The molecule has 0 aliphatic heterocycles. The van der Waals surface area contributed by atoms with E-state index in [-0.39, 0.29) is 0 Å². The van der Waals surface area contributed by atoms with Gasteiger partial charge in [-0.15, -0.1) is 0 Å². The summed E-state index contributed by atoms with van der Waals surface area (Å²) in [7, 11) is 0. The van der Waals surface area contributed by atoms with E-state index in [1.54, 1.807) is 5.56 Å². The van der Waals surface area contributed by atoms with Gasteiger partial charge < -0.3 is 0 Å². The van der Waals surface area contributed by atoms with E-state index in [1.807, 2.05) is 20.8 Å². The highest BCUT2D eigenvalue weighted by atomic mass is 14.7. The van der Waals surface area contributed by atoms with Crippen LogP contribution in [0.15, 0.2) is 35.3 Å². The Hall–Kier alpha value is -1.70. The van der Waals surface area contributed by atoms with Crippen LogP contribution in [-0.4, -0.2) is 12.6 Å². The molecule has 0 unspecified atom stereocenters. The molecule has 2 rings (SSSR count). The highest BCUT2D eigenvalue weighted by Crippen LogP contribution is 2.41. The lowest BCUT2D eigenvalue weighted by Crippen LogP contribution is -1.86. The fraction of sp³-hybridized carbons (Fsp3) is 0.444. The maximum Gasteiger partial charge on any atom is 0.106 e. The molecule has 0 aromatic heterocycles. The summed E-state index contributed by atoms with van der Waals surface area (Å²) in [4.78, 5) is 3.49. The number of hydrogen-bond acceptors (Lipinski definition) is 1. The fourth-order valence-corrected chi connectivity index (χ4v) is 1.76. The van der Waals surface area contributed by atoms with Gasteiger partial charge in [0.05, 0.1) is 0 Å². The van der Waals surface area contributed by atoms with Crippen molar-refractivity contribution in [3.63, 3.8) is 0 Å². The van der Waals surface area contributed by atoms with Crippen molar-refractivity contribution >= 4 is 12.6 Å². The zero-order valence-corrected chi connectivity index (χ0v) is 13.5. The second-order valence-corrected chi connectivity index (χ2v) is 4.89. The summed E-state index contributed by atoms with van der Waals surface area (Å²) >= 11 is 0. The van der Waals surface area contributed by atoms with E-state index < -0.39 is 0 Å². The van der Waals surface area contributed by atoms with E-state index in [2.05, 4.69) is 43.6 Å². The minimum atomic E-state index is 0.864. The summed E-state index contributed by atoms with van der Waals surface area (Å²) < 4.78 is 0. The Balaban J connectivity index is 0.000000352. The highest BCUT2D eigenvalue weighted by Gasteiger charge is 2.24. The molecule has 1 aromatic rings. The van der Waals surface area contributed by atoms with Gasteiger partial charge in [-0.05, 0) is 56.2 Å². The van der Waals surface area contributed by atoms with Crippen molar-refractivity contribution in [1.82, 2.24) is 0 Å². The molecular weight excluding hydrogens is 244 g/mol. The van der Waals surface area contributed by atoms with Gasteiger partial charge in [-0.1, -0.05) is 44.2 Å². The topological polar surface area (TPSA) is 36.2 Å². The molecule has 20 heavy (non-hydrogen) atoms. The van der Waals surface area contributed by atoms with Crippen LogP contribution in [0.1, 0.15) is 56.2 Å². The van der Waals surface area contributed by atoms with Crippen LogP contribution >= 0.6 is 0 Å². The molecule has 0 bridgehead atoms. The van der Waals surface area contributed by atoms with Crippen LogP contribution in [0.4, 0.5) is 0 Å². The van der Waals surface area contributed by atoms with Crippen LogP contribution in [0.5, 0.6) is 0 Å². The Morgan fingerprint density at radius 3 is 2.30 bits per heavy atom. The zero-order valence-electron chi connectivity index (χ0n) is 13.5. The van der Waals surface area contributed by atoms with Crippen molar-refractivity contribution in [2.24, 2.45) is 4.99 Å². The molecule has 1 N–H and O–H groups in total. The lowest BCUT2D eigenvalue weighted by molar-refractivity contribution is 1.09. The van der Waals surface area contributed by atoms with E-state index in [0.717, 1.165) is 17.8 Å². The molecule has 0 radical (unpaired) electrons. The standard InChI is InChI=1S/C11H14.C5H8N2.C2H6/c1-8-3-4-9(2)11(7-8)10-5-6-10;1-5(2)3-7-4-6;1-2/h3-4,7,10H,5-6H2,1-2H3;3-4,6H,1H2,2H3;1-2H3. The van der Waals surface area contributed by atoms with Crippen molar-refractivity contribution in [2.75, 3.05) is 0 Å². The zero-order chi connectivity index (χ0) is 15.5. The normalized spacial score (nSPS) is 12.8. The van der Waals surface area contributed by atoms with Crippen LogP contribution in [0.3, 0.4) is 0 Å².